The minimum atomic E-state index is -0.548. The molecule has 2 N–H and O–H groups in total. The summed E-state index contributed by atoms with van der Waals surface area (Å²) in [6.07, 6.45) is 1.33. The number of fused-ring (bicyclic) bond motifs is 1. The van der Waals surface area contributed by atoms with E-state index in [9.17, 15) is 9.59 Å². The van der Waals surface area contributed by atoms with E-state index >= 15 is 0 Å². The van der Waals surface area contributed by atoms with Crippen molar-refractivity contribution in [2.24, 2.45) is 0 Å². The van der Waals surface area contributed by atoms with Gasteiger partial charge in [0.25, 0.3) is 5.56 Å². The van der Waals surface area contributed by atoms with Gasteiger partial charge in [0.1, 0.15) is 5.15 Å². The summed E-state index contributed by atoms with van der Waals surface area (Å²) in [4.78, 5) is 30.7. The predicted molar refractivity (Wildman–Crippen MR) is 64.1 cm³/mol. The maximum atomic E-state index is 11.3. The smallest absolute Gasteiger partial charge is 0.306 e. The first-order valence-corrected chi connectivity index (χ1v) is 5.25. The van der Waals surface area contributed by atoms with Crippen LogP contribution in [0.3, 0.4) is 0 Å². The quantitative estimate of drug-likeness (QED) is 0.688. The summed E-state index contributed by atoms with van der Waals surface area (Å²) >= 11 is 5.75. The number of H-pyrrole nitrogens is 2. The second-order valence-corrected chi connectivity index (χ2v) is 3.23. The van der Waals surface area contributed by atoms with Crippen LogP contribution in [0.15, 0.2) is 15.8 Å². The third-order valence-corrected chi connectivity index (χ3v) is 2.35. The summed E-state index contributed by atoms with van der Waals surface area (Å²) in [7, 11) is 0. The van der Waals surface area contributed by atoms with Crippen molar-refractivity contribution in [2.75, 3.05) is 0 Å². The summed E-state index contributed by atoms with van der Waals surface area (Å²) in [6.45, 7) is 5.69. The monoisotopic (exact) mass is 241 g/mol. The number of hydrogen-bond acceptors (Lipinski definition) is 3. The Bertz CT molecular complexity index is 615. The summed E-state index contributed by atoms with van der Waals surface area (Å²) in [5, 5.41) is 0.602. The molecule has 0 bridgehead atoms. The van der Waals surface area contributed by atoms with Gasteiger partial charge in [0.15, 0.2) is 0 Å². The van der Waals surface area contributed by atoms with E-state index in [4.69, 9.17) is 11.6 Å². The van der Waals surface area contributed by atoms with Crippen LogP contribution in [0.25, 0.3) is 10.9 Å². The van der Waals surface area contributed by atoms with Gasteiger partial charge in [0.05, 0.1) is 10.9 Å². The number of nitrogens with one attached hydrogen (secondary N) is 2. The van der Waals surface area contributed by atoms with Gasteiger partial charge >= 0.3 is 5.69 Å². The number of hydrogen-bond donors (Lipinski definition) is 2. The Balaban J connectivity index is 0.000000606. The second kappa shape index (κ2) is 4.94. The molecule has 0 atom stereocenters. The normalized spacial score (nSPS) is 9.75. The van der Waals surface area contributed by atoms with Crippen LogP contribution < -0.4 is 11.2 Å². The lowest BCUT2D eigenvalue weighted by Gasteiger charge is -2.00. The summed E-state index contributed by atoms with van der Waals surface area (Å²) < 4.78 is 0. The van der Waals surface area contributed by atoms with Gasteiger partial charge in [-0.3, -0.25) is 9.78 Å². The molecule has 0 aromatic carbocycles. The van der Waals surface area contributed by atoms with Crippen molar-refractivity contribution in [3.8, 4) is 0 Å². The summed E-state index contributed by atoms with van der Waals surface area (Å²) in [5.41, 5.74) is 0.00926. The number of aromatic amines is 2. The van der Waals surface area contributed by atoms with Crippen LogP contribution in [-0.4, -0.2) is 15.0 Å². The average molecular weight is 242 g/mol. The van der Waals surface area contributed by atoms with Crippen molar-refractivity contribution < 1.29 is 0 Å². The molecule has 0 amide bonds. The van der Waals surface area contributed by atoms with Crippen molar-refractivity contribution in [1.29, 1.82) is 0 Å². The number of halogens is 1. The maximum Gasteiger partial charge on any atom is 0.326 e. The molecule has 0 aliphatic rings. The molecule has 5 nitrogen and oxygen atoms in total. The van der Waals surface area contributed by atoms with E-state index < -0.39 is 11.2 Å². The fraction of sp³-hybridized carbons (Fsp3) is 0.300. The van der Waals surface area contributed by atoms with Crippen molar-refractivity contribution in [2.45, 2.75) is 20.8 Å². The van der Waals surface area contributed by atoms with E-state index in [-0.39, 0.29) is 5.15 Å². The highest BCUT2D eigenvalue weighted by molar-refractivity contribution is 6.30. The Hall–Kier alpha value is -1.62. The number of aromatic nitrogens is 3. The molecule has 0 saturated heterocycles. The largest absolute Gasteiger partial charge is 0.326 e. The van der Waals surface area contributed by atoms with E-state index in [1.54, 1.807) is 6.92 Å². The van der Waals surface area contributed by atoms with E-state index in [0.717, 1.165) is 0 Å². The molecule has 2 heterocycles. The van der Waals surface area contributed by atoms with Gasteiger partial charge in [-0.05, 0) is 6.92 Å². The van der Waals surface area contributed by atoms with Gasteiger partial charge in [0.2, 0.25) is 0 Å². The summed E-state index contributed by atoms with van der Waals surface area (Å²) in [6, 6.07) is 0. The molecule has 0 radical (unpaired) electrons. The number of aryl methyl sites for hydroxylation is 1. The van der Waals surface area contributed by atoms with Gasteiger partial charge in [-0.1, -0.05) is 25.4 Å². The molecule has 2 aromatic heterocycles. The fourth-order valence-electron chi connectivity index (χ4n) is 1.24. The highest BCUT2D eigenvalue weighted by Crippen LogP contribution is 2.17. The highest BCUT2D eigenvalue weighted by Gasteiger charge is 2.06. The SMILES string of the molecule is CC.Cc1c(Cl)ncc2c(=O)[nH]c(=O)[nH]c12. The molecule has 0 aliphatic heterocycles. The second-order valence-electron chi connectivity index (χ2n) is 2.87. The molecular formula is C10H12ClN3O2. The molecule has 0 spiro atoms. The minimum Gasteiger partial charge on any atom is -0.306 e. The molecule has 0 saturated carbocycles. The van der Waals surface area contributed by atoms with Gasteiger partial charge in [-0.15, -0.1) is 0 Å². The standard InChI is InChI=1S/C8H6ClN3O2.C2H6/c1-3-5-4(2-10-6(3)9)7(13)12-8(14)11-5;1-2/h2H,1H3,(H2,11,12,13,14);1-2H3. The molecule has 0 aliphatic carbocycles. The van der Waals surface area contributed by atoms with Crippen molar-refractivity contribution in [3.63, 3.8) is 0 Å². The lowest BCUT2D eigenvalue weighted by molar-refractivity contribution is 1.07. The van der Waals surface area contributed by atoms with Gasteiger partial charge in [-0.25, -0.2) is 9.78 Å². The number of pyridine rings is 1. The highest BCUT2D eigenvalue weighted by atomic mass is 35.5. The van der Waals surface area contributed by atoms with E-state index in [0.29, 0.717) is 16.5 Å². The first-order chi connectivity index (χ1) is 7.59. The first-order valence-electron chi connectivity index (χ1n) is 4.87. The van der Waals surface area contributed by atoms with E-state index in [1.165, 1.54) is 6.20 Å². The van der Waals surface area contributed by atoms with Crippen LogP contribution in [0.2, 0.25) is 5.15 Å². The Kier molecular flexibility index (Phi) is 3.84. The lowest BCUT2D eigenvalue weighted by atomic mass is 10.2. The van der Waals surface area contributed by atoms with E-state index in [1.807, 2.05) is 13.8 Å². The molecular weight excluding hydrogens is 230 g/mol. The van der Waals surface area contributed by atoms with Crippen molar-refractivity contribution >= 4 is 22.5 Å². The summed E-state index contributed by atoms with van der Waals surface area (Å²) in [5.74, 6) is 0. The third kappa shape index (κ3) is 2.14. The molecule has 16 heavy (non-hydrogen) atoms. The van der Waals surface area contributed by atoms with Gasteiger partial charge in [0, 0.05) is 11.8 Å². The third-order valence-electron chi connectivity index (χ3n) is 1.97. The lowest BCUT2D eigenvalue weighted by Crippen LogP contribution is -2.22. The molecule has 0 fully saturated rings. The minimum absolute atomic E-state index is 0.277. The molecule has 2 aromatic rings. The first kappa shape index (κ1) is 12.4. The Morgan fingerprint density at radius 2 is 1.88 bits per heavy atom. The van der Waals surface area contributed by atoms with Gasteiger partial charge in [-0.2, -0.15) is 0 Å². The zero-order valence-corrected chi connectivity index (χ0v) is 9.97. The van der Waals surface area contributed by atoms with Gasteiger partial charge < -0.3 is 4.98 Å². The Labute approximate surface area is 96.5 Å². The topological polar surface area (TPSA) is 78.6 Å². The number of nitrogens with zero attached hydrogens (tertiary/aromatic N) is 1. The van der Waals surface area contributed by atoms with Crippen LogP contribution in [0.5, 0.6) is 0 Å². The maximum absolute atomic E-state index is 11.3. The zero-order valence-electron chi connectivity index (χ0n) is 9.22. The Morgan fingerprint density at radius 1 is 1.25 bits per heavy atom. The molecule has 2 rings (SSSR count). The van der Waals surface area contributed by atoms with Crippen LogP contribution in [-0.2, 0) is 0 Å². The average Bonchev–Trinajstić information content (AvgIpc) is 2.27. The fourth-order valence-corrected chi connectivity index (χ4v) is 1.38. The number of rotatable bonds is 0. The van der Waals surface area contributed by atoms with Crippen LogP contribution in [0.1, 0.15) is 19.4 Å². The molecule has 0 unspecified atom stereocenters. The molecule has 86 valence electrons. The van der Waals surface area contributed by atoms with Crippen LogP contribution in [0.4, 0.5) is 0 Å². The molecule has 6 heteroatoms. The predicted octanol–water partition coefficient (Wildman–Crippen LogP) is 1.60. The van der Waals surface area contributed by atoms with Crippen molar-refractivity contribution in [3.05, 3.63) is 37.8 Å². The van der Waals surface area contributed by atoms with Crippen molar-refractivity contribution in [1.82, 2.24) is 15.0 Å². The van der Waals surface area contributed by atoms with Crippen LogP contribution >= 0.6 is 11.6 Å². The van der Waals surface area contributed by atoms with Crippen LogP contribution in [0, 0.1) is 6.92 Å². The zero-order chi connectivity index (χ0) is 12.3. The Morgan fingerprint density at radius 3 is 2.50 bits per heavy atom. The van der Waals surface area contributed by atoms with E-state index in [2.05, 4.69) is 15.0 Å².